The Bertz CT molecular complexity index is 420. The lowest BCUT2D eigenvalue weighted by molar-refractivity contribution is 0.152. The zero-order valence-corrected chi connectivity index (χ0v) is 11.5. The number of halogens is 1. The molecule has 0 bridgehead atoms. The minimum absolute atomic E-state index is 0.223. The van der Waals surface area contributed by atoms with E-state index < -0.39 is 0 Å². The smallest absolute Gasteiger partial charge is 0.414 e. The van der Waals surface area contributed by atoms with Gasteiger partial charge in [-0.15, -0.1) is 0 Å². The molecule has 3 nitrogen and oxygen atoms in total. The SMILES string of the molecule is CCCCOC(=O)N1CCc2cc(Br)ccc21. The second-order valence-electron chi connectivity index (χ2n) is 4.14. The first-order valence-electron chi connectivity index (χ1n) is 5.95. The van der Waals surface area contributed by atoms with Crippen molar-refractivity contribution >= 4 is 27.7 Å². The Morgan fingerprint density at radius 2 is 2.35 bits per heavy atom. The van der Waals surface area contributed by atoms with Crippen molar-refractivity contribution in [2.24, 2.45) is 0 Å². The lowest BCUT2D eigenvalue weighted by Gasteiger charge is -2.16. The number of fused-ring (bicyclic) bond motifs is 1. The van der Waals surface area contributed by atoms with Crippen molar-refractivity contribution in [2.45, 2.75) is 26.2 Å². The molecule has 1 aliphatic rings. The summed E-state index contributed by atoms with van der Waals surface area (Å²) in [7, 11) is 0. The summed E-state index contributed by atoms with van der Waals surface area (Å²) in [4.78, 5) is 13.6. The monoisotopic (exact) mass is 297 g/mol. The summed E-state index contributed by atoms with van der Waals surface area (Å²) in [5.74, 6) is 0. The predicted octanol–water partition coefficient (Wildman–Crippen LogP) is 3.75. The molecule has 92 valence electrons. The van der Waals surface area contributed by atoms with E-state index in [-0.39, 0.29) is 6.09 Å². The Kier molecular flexibility index (Phi) is 4.05. The van der Waals surface area contributed by atoms with E-state index in [0.717, 1.165) is 36.0 Å². The van der Waals surface area contributed by atoms with Crippen LogP contribution < -0.4 is 4.90 Å². The minimum atomic E-state index is -0.223. The quantitative estimate of drug-likeness (QED) is 0.795. The van der Waals surface area contributed by atoms with E-state index in [2.05, 4.69) is 28.9 Å². The fourth-order valence-corrected chi connectivity index (χ4v) is 2.35. The van der Waals surface area contributed by atoms with E-state index in [1.807, 2.05) is 12.1 Å². The van der Waals surface area contributed by atoms with Crippen molar-refractivity contribution in [2.75, 3.05) is 18.1 Å². The molecule has 0 saturated carbocycles. The molecule has 1 heterocycles. The number of rotatable bonds is 3. The summed E-state index contributed by atoms with van der Waals surface area (Å²) >= 11 is 3.44. The van der Waals surface area contributed by atoms with Crippen LogP contribution in [0.2, 0.25) is 0 Å². The molecule has 0 aliphatic carbocycles. The van der Waals surface area contributed by atoms with Crippen LogP contribution in [0.15, 0.2) is 22.7 Å². The van der Waals surface area contributed by atoms with Gasteiger partial charge in [0.15, 0.2) is 0 Å². The van der Waals surface area contributed by atoms with Crippen LogP contribution in [-0.4, -0.2) is 19.2 Å². The number of amides is 1. The van der Waals surface area contributed by atoms with Crippen molar-refractivity contribution in [1.29, 1.82) is 0 Å². The van der Waals surface area contributed by atoms with Crippen LogP contribution in [0.5, 0.6) is 0 Å². The van der Waals surface area contributed by atoms with Gasteiger partial charge in [-0.05, 0) is 36.6 Å². The number of unbranched alkanes of at least 4 members (excludes halogenated alkanes) is 1. The number of nitrogens with zero attached hydrogens (tertiary/aromatic N) is 1. The van der Waals surface area contributed by atoms with Gasteiger partial charge in [0.25, 0.3) is 0 Å². The third-order valence-corrected chi connectivity index (χ3v) is 3.37. The third-order valence-electron chi connectivity index (χ3n) is 2.88. The number of hydrogen-bond acceptors (Lipinski definition) is 2. The molecule has 0 aromatic heterocycles. The van der Waals surface area contributed by atoms with E-state index in [1.54, 1.807) is 4.90 Å². The molecule has 0 unspecified atom stereocenters. The van der Waals surface area contributed by atoms with Crippen LogP contribution >= 0.6 is 15.9 Å². The second kappa shape index (κ2) is 5.54. The summed E-state index contributed by atoms with van der Waals surface area (Å²) in [5.41, 5.74) is 2.18. The number of benzene rings is 1. The molecule has 0 N–H and O–H groups in total. The Morgan fingerprint density at radius 3 is 3.12 bits per heavy atom. The van der Waals surface area contributed by atoms with Crippen LogP contribution in [0.4, 0.5) is 10.5 Å². The van der Waals surface area contributed by atoms with Gasteiger partial charge in [0.1, 0.15) is 0 Å². The van der Waals surface area contributed by atoms with Crippen LogP contribution in [-0.2, 0) is 11.2 Å². The van der Waals surface area contributed by atoms with Gasteiger partial charge in [-0.2, -0.15) is 0 Å². The van der Waals surface area contributed by atoms with Crippen LogP contribution in [0.3, 0.4) is 0 Å². The van der Waals surface area contributed by atoms with Gasteiger partial charge in [0, 0.05) is 11.0 Å². The number of ether oxygens (including phenoxy) is 1. The lowest BCUT2D eigenvalue weighted by Crippen LogP contribution is -2.29. The maximum Gasteiger partial charge on any atom is 0.414 e. The fraction of sp³-hybridized carbons (Fsp3) is 0.462. The molecule has 0 spiro atoms. The van der Waals surface area contributed by atoms with Gasteiger partial charge < -0.3 is 4.74 Å². The maximum atomic E-state index is 11.9. The van der Waals surface area contributed by atoms with Gasteiger partial charge in [0.05, 0.1) is 12.3 Å². The summed E-state index contributed by atoms with van der Waals surface area (Å²) in [6, 6.07) is 5.98. The van der Waals surface area contributed by atoms with Crippen molar-refractivity contribution in [1.82, 2.24) is 0 Å². The van der Waals surface area contributed by atoms with E-state index >= 15 is 0 Å². The van der Waals surface area contributed by atoms with Crippen molar-refractivity contribution in [3.05, 3.63) is 28.2 Å². The summed E-state index contributed by atoms with van der Waals surface area (Å²) in [6.45, 7) is 3.31. The van der Waals surface area contributed by atoms with Gasteiger partial charge in [0.2, 0.25) is 0 Å². The van der Waals surface area contributed by atoms with Crippen molar-refractivity contribution in [3.8, 4) is 0 Å². The second-order valence-corrected chi connectivity index (χ2v) is 5.06. The minimum Gasteiger partial charge on any atom is -0.449 e. The average molecular weight is 298 g/mol. The highest BCUT2D eigenvalue weighted by Crippen LogP contribution is 2.30. The average Bonchev–Trinajstić information content (AvgIpc) is 2.72. The zero-order valence-electron chi connectivity index (χ0n) is 9.91. The fourth-order valence-electron chi connectivity index (χ4n) is 1.94. The molecule has 1 amide bonds. The molecule has 0 saturated heterocycles. The number of carbonyl (C=O) groups is 1. The van der Waals surface area contributed by atoms with Crippen LogP contribution in [0.1, 0.15) is 25.3 Å². The highest BCUT2D eigenvalue weighted by atomic mass is 79.9. The molecule has 1 aromatic carbocycles. The molecule has 1 aromatic rings. The van der Waals surface area contributed by atoms with Crippen molar-refractivity contribution in [3.63, 3.8) is 0 Å². The first kappa shape index (κ1) is 12.4. The molecule has 2 rings (SSSR count). The Balaban J connectivity index is 2.03. The highest BCUT2D eigenvalue weighted by Gasteiger charge is 2.25. The largest absolute Gasteiger partial charge is 0.449 e. The standard InChI is InChI=1S/C13H16BrNO2/c1-2-3-8-17-13(16)15-7-6-10-9-11(14)4-5-12(10)15/h4-5,9H,2-3,6-8H2,1H3. The molecule has 17 heavy (non-hydrogen) atoms. The van der Waals surface area contributed by atoms with E-state index in [4.69, 9.17) is 4.74 Å². The zero-order chi connectivity index (χ0) is 12.3. The summed E-state index contributed by atoms with van der Waals surface area (Å²) in [5, 5.41) is 0. The normalized spacial score (nSPS) is 13.6. The van der Waals surface area contributed by atoms with Gasteiger partial charge in [-0.3, -0.25) is 4.90 Å². The predicted molar refractivity (Wildman–Crippen MR) is 71.4 cm³/mol. The Labute approximate surface area is 110 Å². The summed E-state index contributed by atoms with van der Waals surface area (Å²) < 4.78 is 6.28. The number of anilines is 1. The third kappa shape index (κ3) is 2.80. The molecule has 0 radical (unpaired) electrons. The van der Waals surface area contributed by atoms with E-state index in [9.17, 15) is 4.79 Å². The summed E-state index contributed by atoms with van der Waals surface area (Å²) in [6.07, 6.45) is 2.64. The lowest BCUT2D eigenvalue weighted by atomic mass is 10.2. The number of hydrogen-bond donors (Lipinski definition) is 0. The first-order chi connectivity index (χ1) is 8.22. The van der Waals surface area contributed by atoms with Gasteiger partial charge in [-0.1, -0.05) is 29.3 Å². The molecule has 4 heteroatoms. The topological polar surface area (TPSA) is 29.5 Å². The maximum absolute atomic E-state index is 11.9. The molecule has 0 fully saturated rings. The Morgan fingerprint density at radius 1 is 1.53 bits per heavy atom. The van der Waals surface area contributed by atoms with Gasteiger partial charge in [-0.25, -0.2) is 4.79 Å². The number of carbonyl (C=O) groups excluding carboxylic acids is 1. The highest BCUT2D eigenvalue weighted by molar-refractivity contribution is 9.10. The van der Waals surface area contributed by atoms with Crippen LogP contribution in [0, 0.1) is 0 Å². The van der Waals surface area contributed by atoms with Gasteiger partial charge >= 0.3 is 6.09 Å². The molecular formula is C13H16BrNO2. The molecular weight excluding hydrogens is 282 g/mol. The molecule has 1 aliphatic heterocycles. The van der Waals surface area contributed by atoms with Crippen molar-refractivity contribution < 1.29 is 9.53 Å². The van der Waals surface area contributed by atoms with E-state index in [0.29, 0.717) is 6.61 Å². The first-order valence-corrected chi connectivity index (χ1v) is 6.74. The Hall–Kier alpha value is -1.03. The van der Waals surface area contributed by atoms with Crippen LogP contribution in [0.25, 0.3) is 0 Å². The van der Waals surface area contributed by atoms with E-state index in [1.165, 1.54) is 5.56 Å². The molecule has 0 atom stereocenters.